The van der Waals surface area contributed by atoms with E-state index in [1.807, 2.05) is 0 Å². The minimum atomic E-state index is -0.0704. The molecule has 0 aromatic heterocycles. The fraction of sp³-hybridized carbons (Fsp3) is 0.533. The first-order valence-corrected chi connectivity index (χ1v) is 6.63. The van der Waals surface area contributed by atoms with Gasteiger partial charge in [-0.1, -0.05) is 19.9 Å². The number of amides is 1. The van der Waals surface area contributed by atoms with Crippen molar-refractivity contribution < 1.29 is 9.53 Å². The normalized spacial score (nSPS) is 24.8. The minimum absolute atomic E-state index is 0.0704. The average Bonchev–Trinajstić information content (AvgIpc) is 2.78. The molecule has 96 valence electrons. The lowest BCUT2D eigenvalue weighted by atomic mass is 9.87. The van der Waals surface area contributed by atoms with Gasteiger partial charge in [0.2, 0.25) is 5.91 Å². The van der Waals surface area contributed by atoms with Crippen LogP contribution in [0.5, 0.6) is 5.75 Å². The molecular formula is C15H19NO2. The number of hydrogen-bond donors (Lipinski definition) is 1. The molecule has 3 rings (SSSR count). The molecule has 1 aromatic rings. The van der Waals surface area contributed by atoms with Crippen LogP contribution in [0.3, 0.4) is 0 Å². The van der Waals surface area contributed by atoms with Gasteiger partial charge in [-0.3, -0.25) is 4.79 Å². The van der Waals surface area contributed by atoms with Crippen molar-refractivity contribution in [3.63, 3.8) is 0 Å². The Bertz CT molecular complexity index is 534. The Labute approximate surface area is 108 Å². The van der Waals surface area contributed by atoms with Crippen LogP contribution in [0.15, 0.2) is 6.07 Å². The first-order valence-electron chi connectivity index (χ1n) is 6.63. The number of carbonyl (C=O) groups is 1. The number of carbonyl (C=O) groups excluding carboxylic acids is 1. The highest BCUT2D eigenvalue weighted by atomic mass is 16.5. The summed E-state index contributed by atoms with van der Waals surface area (Å²) in [6, 6.07) is 2.15. The van der Waals surface area contributed by atoms with Crippen LogP contribution >= 0.6 is 0 Å². The van der Waals surface area contributed by atoms with Crippen molar-refractivity contribution in [1.82, 2.24) is 0 Å². The molecule has 3 nitrogen and oxygen atoms in total. The van der Waals surface area contributed by atoms with Crippen LogP contribution in [0.25, 0.3) is 0 Å². The summed E-state index contributed by atoms with van der Waals surface area (Å²) in [6.45, 7) is 8.32. The fourth-order valence-corrected chi connectivity index (χ4v) is 3.17. The van der Waals surface area contributed by atoms with Gasteiger partial charge in [0.1, 0.15) is 11.9 Å². The van der Waals surface area contributed by atoms with E-state index in [0.29, 0.717) is 0 Å². The van der Waals surface area contributed by atoms with Crippen molar-refractivity contribution in [3.8, 4) is 5.75 Å². The molecule has 0 radical (unpaired) electrons. The highest BCUT2D eigenvalue weighted by Gasteiger charge is 2.39. The van der Waals surface area contributed by atoms with Crippen molar-refractivity contribution in [1.29, 1.82) is 0 Å². The van der Waals surface area contributed by atoms with Crippen molar-refractivity contribution >= 4 is 11.6 Å². The summed E-state index contributed by atoms with van der Waals surface area (Å²) in [7, 11) is 0. The number of rotatable bonds is 1. The second kappa shape index (κ2) is 3.74. The van der Waals surface area contributed by atoms with E-state index in [-0.39, 0.29) is 23.8 Å². The zero-order valence-corrected chi connectivity index (χ0v) is 11.3. The van der Waals surface area contributed by atoms with Gasteiger partial charge in [0.25, 0.3) is 0 Å². The molecule has 0 bridgehead atoms. The maximum absolute atomic E-state index is 12.1. The van der Waals surface area contributed by atoms with Gasteiger partial charge in [0.05, 0.1) is 11.6 Å². The molecule has 1 N–H and O–H groups in total. The summed E-state index contributed by atoms with van der Waals surface area (Å²) >= 11 is 0. The van der Waals surface area contributed by atoms with Gasteiger partial charge in [-0.05, 0) is 30.9 Å². The molecule has 1 aromatic carbocycles. The number of anilines is 1. The van der Waals surface area contributed by atoms with Crippen LogP contribution in [-0.4, -0.2) is 12.0 Å². The van der Waals surface area contributed by atoms with Crippen LogP contribution < -0.4 is 10.1 Å². The highest BCUT2D eigenvalue weighted by molar-refractivity contribution is 6.05. The van der Waals surface area contributed by atoms with Crippen LogP contribution in [0, 0.1) is 12.8 Å². The maximum atomic E-state index is 12.1. The van der Waals surface area contributed by atoms with E-state index in [1.165, 1.54) is 5.56 Å². The summed E-state index contributed by atoms with van der Waals surface area (Å²) in [4.78, 5) is 12.1. The molecular weight excluding hydrogens is 226 g/mol. The third-order valence-corrected chi connectivity index (χ3v) is 3.93. The molecule has 2 aliphatic heterocycles. The molecule has 2 atom stereocenters. The molecule has 2 aliphatic rings. The first-order chi connectivity index (χ1) is 8.49. The summed E-state index contributed by atoms with van der Waals surface area (Å²) in [5.41, 5.74) is 4.47. The standard InChI is InChI=1S/C15H19NO2/c1-7(2)11-12-13(16-15(11)17)8(3)5-10-6-9(4)18-14(10)12/h5,7,9,11H,6H2,1-4H3,(H,16,17). The van der Waals surface area contributed by atoms with E-state index in [2.05, 4.69) is 39.1 Å². The van der Waals surface area contributed by atoms with Crippen LogP contribution in [0.2, 0.25) is 0 Å². The number of nitrogens with one attached hydrogen (secondary N) is 1. The van der Waals surface area contributed by atoms with Gasteiger partial charge in [0, 0.05) is 12.0 Å². The molecule has 0 saturated heterocycles. The van der Waals surface area contributed by atoms with Crippen LogP contribution in [0.1, 0.15) is 43.4 Å². The first kappa shape index (κ1) is 11.6. The number of aryl methyl sites for hydroxylation is 1. The van der Waals surface area contributed by atoms with Crippen LogP contribution in [0.4, 0.5) is 5.69 Å². The molecule has 18 heavy (non-hydrogen) atoms. The van der Waals surface area contributed by atoms with E-state index in [4.69, 9.17) is 4.74 Å². The van der Waals surface area contributed by atoms with Gasteiger partial charge in [-0.2, -0.15) is 0 Å². The second-order valence-corrected chi connectivity index (χ2v) is 5.81. The Morgan fingerprint density at radius 1 is 1.44 bits per heavy atom. The quantitative estimate of drug-likeness (QED) is 0.826. The Hall–Kier alpha value is -1.51. The van der Waals surface area contributed by atoms with Gasteiger partial charge in [-0.15, -0.1) is 0 Å². The number of fused-ring (bicyclic) bond motifs is 3. The average molecular weight is 245 g/mol. The van der Waals surface area contributed by atoms with E-state index >= 15 is 0 Å². The number of hydrogen-bond acceptors (Lipinski definition) is 2. The topological polar surface area (TPSA) is 38.3 Å². The van der Waals surface area contributed by atoms with Crippen molar-refractivity contribution in [2.24, 2.45) is 5.92 Å². The lowest BCUT2D eigenvalue weighted by molar-refractivity contribution is -0.117. The maximum Gasteiger partial charge on any atom is 0.232 e. The van der Waals surface area contributed by atoms with Gasteiger partial charge >= 0.3 is 0 Å². The second-order valence-electron chi connectivity index (χ2n) is 5.81. The van der Waals surface area contributed by atoms with E-state index < -0.39 is 0 Å². The smallest absolute Gasteiger partial charge is 0.232 e. The Morgan fingerprint density at radius 2 is 2.17 bits per heavy atom. The molecule has 0 spiro atoms. The van der Waals surface area contributed by atoms with Crippen LogP contribution in [-0.2, 0) is 11.2 Å². The van der Waals surface area contributed by atoms with Gasteiger partial charge < -0.3 is 10.1 Å². The molecule has 3 heteroatoms. The van der Waals surface area contributed by atoms with E-state index in [9.17, 15) is 4.79 Å². The molecule has 0 aliphatic carbocycles. The predicted molar refractivity (Wildman–Crippen MR) is 71.2 cm³/mol. The monoisotopic (exact) mass is 245 g/mol. The Balaban J connectivity index is 2.22. The third-order valence-electron chi connectivity index (χ3n) is 3.93. The van der Waals surface area contributed by atoms with Crippen molar-refractivity contribution in [2.45, 2.75) is 46.1 Å². The molecule has 2 unspecified atom stereocenters. The summed E-state index contributed by atoms with van der Waals surface area (Å²) in [6.07, 6.45) is 1.16. The summed E-state index contributed by atoms with van der Waals surface area (Å²) < 4.78 is 5.94. The molecule has 0 fully saturated rings. The highest BCUT2D eigenvalue weighted by Crippen LogP contribution is 2.48. The van der Waals surface area contributed by atoms with E-state index in [1.54, 1.807) is 0 Å². The molecule has 2 heterocycles. The summed E-state index contributed by atoms with van der Waals surface area (Å²) in [5.74, 6) is 1.29. The molecule has 0 saturated carbocycles. The van der Waals surface area contributed by atoms with E-state index in [0.717, 1.165) is 29.0 Å². The third kappa shape index (κ3) is 1.46. The fourth-order valence-electron chi connectivity index (χ4n) is 3.17. The Kier molecular flexibility index (Phi) is 2.40. The summed E-state index contributed by atoms with van der Waals surface area (Å²) in [5, 5.41) is 3.02. The number of benzene rings is 1. The predicted octanol–water partition coefficient (Wildman–Crippen LogP) is 3.01. The number of ether oxygens (including phenoxy) is 1. The van der Waals surface area contributed by atoms with Gasteiger partial charge in [0.15, 0.2) is 0 Å². The largest absolute Gasteiger partial charge is 0.490 e. The lowest BCUT2D eigenvalue weighted by Crippen LogP contribution is -2.17. The minimum Gasteiger partial charge on any atom is -0.490 e. The van der Waals surface area contributed by atoms with Gasteiger partial charge in [-0.25, -0.2) is 0 Å². The Morgan fingerprint density at radius 3 is 2.83 bits per heavy atom. The molecule has 1 amide bonds. The SMILES string of the molecule is Cc1cc2c(c3c1NC(=O)C3C(C)C)OC(C)C2. The lowest BCUT2D eigenvalue weighted by Gasteiger charge is -2.16. The van der Waals surface area contributed by atoms with Crippen molar-refractivity contribution in [3.05, 3.63) is 22.8 Å². The zero-order valence-electron chi connectivity index (χ0n) is 11.3. The van der Waals surface area contributed by atoms with Crippen molar-refractivity contribution in [2.75, 3.05) is 5.32 Å². The zero-order chi connectivity index (χ0) is 13.0.